The van der Waals surface area contributed by atoms with Crippen molar-refractivity contribution in [3.63, 3.8) is 0 Å². The number of rotatable bonds is 8. The minimum absolute atomic E-state index is 0.000392. The fourth-order valence-corrected chi connectivity index (χ4v) is 2.28. The molecule has 0 saturated carbocycles. The molecule has 0 spiro atoms. The lowest BCUT2D eigenvalue weighted by Gasteiger charge is -2.27. The smallest absolute Gasteiger partial charge is 0.410 e. The van der Waals surface area contributed by atoms with Crippen LogP contribution in [0, 0.1) is 0 Å². The van der Waals surface area contributed by atoms with Crippen molar-refractivity contribution in [2.45, 2.75) is 72.2 Å². The topological polar surface area (TPSA) is 82.1 Å². The van der Waals surface area contributed by atoms with Gasteiger partial charge in [0.05, 0.1) is 12.8 Å². The summed E-state index contributed by atoms with van der Waals surface area (Å²) < 4.78 is 15.9. The summed E-state index contributed by atoms with van der Waals surface area (Å²) in [5.74, 6) is -0.850. The monoisotopic (exact) mass is 407 g/mol. The van der Waals surface area contributed by atoms with Crippen molar-refractivity contribution in [3.8, 4) is 0 Å². The molecular weight excluding hydrogens is 374 g/mol. The Hall–Kier alpha value is -2.57. The molecule has 0 N–H and O–H groups in total. The number of benzene rings is 1. The van der Waals surface area contributed by atoms with Crippen LogP contribution in [0.3, 0.4) is 0 Å². The second-order valence-corrected chi connectivity index (χ2v) is 8.70. The third-order valence-corrected chi connectivity index (χ3v) is 3.49. The summed E-state index contributed by atoms with van der Waals surface area (Å²) in [5, 5.41) is 0. The molecule has 29 heavy (non-hydrogen) atoms. The van der Waals surface area contributed by atoms with Gasteiger partial charge < -0.3 is 19.1 Å². The number of carbonyl (C=O) groups excluding carboxylic acids is 3. The first-order chi connectivity index (χ1) is 13.4. The first-order valence-electron chi connectivity index (χ1n) is 9.75. The number of hydrogen-bond acceptors (Lipinski definition) is 6. The van der Waals surface area contributed by atoms with Crippen LogP contribution >= 0.6 is 0 Å². The summed E-state index contributed by atoms with van der Waals surface area (Å²) in [4.78, 5) is 37.8. The molecule has 0 atom stereocenters. The number of amides is 1. The van der Waals surface area contributed by atoms with E-state index in [1.807, 2.05) is 30.3 Å². The van der Waals surface area contributed by atoms with E-state index in [1.165, 1.54) is 4.90 Å². The molecule has 0 aliphatic heterocycles. The van der Waals surface area contributed by atoms with Gasteiger partial charge in [-0.05, 0) is 47.1 Å². The van der Waals surface area contributed by atoms with Crippen molar-refractivity contribution < 1.29 is 28.6 Å². The maximum absolute atomic E-state index is 12.4. The van der Waals surface area contributed by atoms with Crippen molar-refractivity contribution in [1.29, 1.82) is 0 Å². The zero-order chi connectivity index (χ0) is 22.1. The van der Waals surface area contributed by atoms with Gasteiger partial charge in [0.15, 0.2) is 0 Å². The highest BCUT2D eigenvalue weighted by Gasteiger charge is 2.24. The summed E-state index contributed by atoms with van der Waals surface area (Å²) in [6.45, 7) is 10.9. The Balaban J connectivity index is 2.59. The lowest BCUT2D eigenvalue weighted by Crippen LogP contribution is -2.39. The normalized spacial score (nSPS) is 11.5. The first-order valence-corrected chi connectivity index (χ1v) is 9.75. The standard InChI is InChI=1S/C22H33NO6/c1-21(2,3)28-19(25)13-15-23(20(26)29-22(4,5)6)14-12-18(24)27-16-17-10-8-7-9-11-17/h7-11H,12-16H2,1-6H3. The second kappa shape index (κ2) is 10.8. The number of ether oxygens (including phenoxy) is 3. The van der Waals surface area contributed by atoms with Gasteiger partial charge in [-0.25, -0.2) is 4.79 Å². The second-order valence-electron chi connectivity index (χ2n) is 8.70. The molecule has 0 radical (unpaired) electrons. The van der Waals surface area contributed by atoms with E-state index in [1.54, 1.807) is 41.5 Å². The highest BCUT2D eigenvalue weighted by Crippen LogP contribution is 2.13. The van der Waals surface area contributed by atoms with E-state index in [-0.39, 0.29) is 32.5 Å². The van der Waals surface area contributed by atoms with Gasteiger partial charge in [0.25, 0.3) is 0 Å². The van der Waals surface area contributed by atoms with Crippen molar-refractivity contribution >= 4 is 18.0 Å². The Bertz CT molecular complexity index is 673. The van der Waals surface area contributed by atoms with Gasteiger partial charge in [0, 0.05) is 13.1 Å². The van der Waals surface area contributed by atoms with Crippen LogP contribution in [-0.4, -0.2) is 47.2 Å². The molecule has 0 bridgehead atoms. The van der Waals surface area contributed by atoms with Crippen LogP contribution < -0.4 is 0 Å². The molecule has 7 nitrogen and oxygen atoms in total. The average molecular weight is 408 g/mol. The van der Waals surface area contributed by atoms with Crippen LogP contribution in [0.15, 0.2) is 30.3 Å². The lowest BCUT2D eigenvalue weighted by atomic mass is 10.2. The van der Waals surface area contributed by atoms with Crippen LogP contribution in [-0.2, 0) is 30.4 Å². The molecule has 0 aliphatic carbocycles. The maximum Gasteiger partial charge on any atom is 0.410 e. The molecule has 162 valence electrons. The van der Waals surface area contributed by atoms with E-state index in [0.29, 0.717) is 0 Å². The molecule has 7 heteroatoms. The predicted octanol–water partition coefficient (Wildman–Crippen LogP) is 4.09. The molecule has 0 saturated heterocycles. The molecule has 1 aromatic carbocycles. The van der Waals surface area contributed by atoms with E-state index in [4.69, 9.17) is 14.2 Å². The summed E-state index contributed by atoms with van der Waals surface area (Å²) in [5.41, 5.74) is -0.404. The molecular formula is C22H33NO6. The molecule has 0 aliphatic rings. The van der Waals surface area contributed by atoms with Crippen LogP contribution in [0.25, 0.3) is 0 Å². The van der Waals surface area contributed by atoms with E-state index < -0.39 is 29.2 Å². The third-order valence-electron chi connectivity index (χ3n) is 3.49. The first kappa shape index (κ1) is 24.5. The van der Waals surface area contributed by atoms with E-state index in [9.17, 15) is 14.4 Å². The Morgan fingerprint density at radius 2 is 1.31 bits per heavy atom. The molecule has 1 amide bonds. The van der Waals surface area contributed by atoms with E-state index in [2.05, 4.69) is 0 Å². The zero-order valence-electron chi connectivity index (χ0n) is 18.3. The molecule has 0 fully saturated rings. The van der Waals surface area contributed by atoms with Crippen LogP contribution in [0.5, 0.6) is 0 Å². The van der Waals surface area contributed by atoms with Crippen molar-refractivity contribution in [2.24, 2.45) is 0 Å². The number of esters is 2. The third kappa shape index (κ3) is 11.8. The van der Waals surface area contributed by atoms with Gasteiger partial charge in [0.2, 0.25) is 0 Å². The van der Waals surface area contributed by atoms with Crippen molar-refractivity contribution in [1.82, 2.24) is 4.90 Å². The Labute approximate surface area is 173 Å². The summed E-state index contributed by atoms with van der Waals surface area (Å²) in [6, 6.07) is 9.34. The Morgan fingerprint density at radius 1 is 0.793 bits per heavy atom. The van der Waals surface area contributed by atoms with Gasteiger partial charge in [-0.15, -0.1) is 0 Å². The van der Waals surface area contributed by atoms with Crippen LogP contribution in [0.1, 0.15) is 59.9 Å². The minimum Gasteiger partial charge on any atom is -0.461 e. The van der Waals surface area contributed by atoms with Gasteiger partial charge in [0.1, 0.15) is 17.8 Å². The number of carbonyl (C=O) groups is 3. The molecule has 0 aromatic heterocycles. The predicted molar refractivity (Wildman–Crippen MR) is 109 cm³/mol. The van der Waals surface area contributed by atoms with E-state index in [0.717, 1.165) is 5.56 Å². The lowest BCUT2D eigenvalue weighted by molar-refractivity contribution is -0.155. The largest absolute Gasteiger partial charge is 0.461 e. The maximum atomic E-state index is 12.4. The summed E-state index contributed by atoms with van der Waals surface area (Å²) in [7, 11) is 0. The Kier molecular flexibility index (Phi) is 9.14. The van der Waals surface area contributed by atoms with Crippen LogP contribution in [0.2, 0.25) is 0 Å². The SMILES string of the molecule is CC(C)(C)OC(=O)CCN(CCC(=O)OCc1ccccc1)C(=O)OC(C)(C)C. The number of hydrogen-bond donors (Lipinski definition) is 0. The molecule has 0 heterocycles. The van der Waals surface area contributed by atoms with Crippen molar-refractivity contribution in [3.05, 3.63) is 35.9 Å². The highest BCUT2D eigenvalue weighted by atomic mass is 16.6. The fraction of sp³-hybridized carbons (Fsp3) is 0.591. The van der Waals surface area contributed by atoms with Gasteiger partial charge in [-0.1, -0.05) is 30.3 Å². The quantitative estimate of drug-likeness (QED) is 0.477. The van der Waals surface area contributed by atoms with Gasteiger partial charge in [-0.3, -0.25) is 9.59 Å². The average Bonchev–Trinajstić information content (AvgIpc) is 2.57. The van der Waals surface area contributed by atoms with Gasteiger partial charge in [-0.2, -0.15) is 0 Å². The fourth-order valence-electron chi connectivity index (χ4n) is 2.28. The van der Waals surface area contributed by atoms with Gasteiger partial charge >= 0.3 is 18.0 Å². The molecule has 0 unspecified atom stereocenters. The minimum atomic E-state index is -0.685. The zero-order valence-corrected chi connectivity index (χ0v) is 18.3. The summed E-state index contributed by atoms with van der Waals surface area (Å²) >= 11 is 0. The molecule has 1 rings (SSSR count). The van der Waals surface area contributed by atoms with Crippen LogP contribution in [0.4, 0.5) is 4.79 Å². The molecule has 1 aromatic rings. The highest BCUT2D eigenvalue weighted by molar-refractivity contribution is 5.74. The Morgan fingerprint density at radius 3 is 1.83 bits per heavy atom. The van der Waals surface area contributed by atoms with Crippen molar-refractivity contribution in [2.75, 3.05) is 13.1 Å². The summed E-state index contributed by atoms with van der Waals surface area (Å²) in [6.07, 6.45) is -0.576. The van der Waals surface area contributed by atoms with E-state index >= 15 is 0 Å². The number of nitrogens with zero attached hydrogens (tertiary/aromatic N) is 1.